The van der Waals surface area contributed by atoms with Crippen LogP contribution in [-0.4, -0.2) is 33.5 Å². The van der Waals surface area contributed by atoms with Gasteiger partial charge in [0.1, 0.15) is 15.7 Å². The third-order valence-corrected chi connectivity index (χ3v) is 6.44. The SMILES string of the molecule is Cc1nc(-c2ccc(F)cc2)sc1C(=O)Nc1cccc2c1CN([C@@H](C)CO)C2. The summed E-state index contributed by atoms with van der Waals surface area (Å²) in [5, 5.41) is 13.2. The van der Waals surface area contributed by atoms with Crippen molar-refractivity contribution in [1.29, 1.82) is 0 Å². The van der Waals surface area contributed by atoms with Gasteiger partial charge >= 0.3 is 0 Å². The van der Waals surface area contributed by atoms with Crippen molar-refractivity contribution in [3.05, 3.63) is 70.0 Å². The monoisotopic (exact) mass is 411 g/mol. The van der Waals surface area contributed by atoms with Gasteiger partial charge in [0, 0.05) is 30.4 Å². The molecule has 1 amide bonds. The Morgan fingerprint density at radius 3 is 2.76 bits per heavy atom. The fraction of sp³-hybridized carbons (Fsp3) is 0.273. The van der Waals surface area contributed by atoms with Gasteiger partial charge in [-0.1, -0.05) is 12.1 Å². The number of nitrogens with zero attached hydrogens (tertiary/aromatic N) is 2. The van der Waals surface area contributed by atoms with Crippen LogP contribution in [-0.2, 0) is 13.1 Å². The number of hydrogen-bond acceptors (Lipinski definition) is 5. The Labute approximate surface area is 172 Å². The number of aryl methyl sites for hydroxylation is 1. The number of halogens is 1. The van der Waals surface area contributed by atoms with Gasteiger partial charge in [-0.3, -0.25) is 9.69 Å². The zero-order valence-electron chi connectivity index (χ0n) is 16.3. The van der Waals surface area contributed by atoms with Crippen LogP contribution in [0.4, 0.5) is 10.1 Å². The van der Waals surface area contributed by atoms with Crippen LogP contribution in [0.15, 0.2) is 42.5 Å². The molecule has 0 saturated carbocycles. The average Bonchev–Trinajstić information content (AvgIpc) is 3.32. The van der Waals surface area contributed by atoms with Crippen molar-refractivity contribution in [2.75, 3.05) is 11.9 Å². The number of benzene rings is 2. The van der Waals surface area contributed by atoms with Gasteiger partial charge in [-0.05, 0) is 55.3 Å². The first kappa shape index (κ1) is 19.7. The predicted molar refractivity (Wildman–Crippen MR) is 112 cm³/mol. The molecular weight excluding hydrogens is 389 g/mol. The lowest BCUT2D eigenvalue weighted by Gasteiger charge is -2.21. The van der Waals surface area contributed by atoms with Gasteiger partial charge in [-0.2, -0.15) is 0 Å². The van der Waals surface area contributed by atoms with Gasteiger partial charge in [0.05, 0.1) is 12.3 Å². The molecule has 5 nitrogen and oxygen atoms in total. The summed E-state index contributed by atoms with van der Waals surface area (Å²) in [4.78, 5) is 20.2. The Bertz CT molecular complexity index is 1050. The Balaban J connectivity index is 1.56. The quantitative estimate of drug-likeness (QED) is 0.660. The highest BCUT2D eigenvalue weighted by atomic mass is 32.1. The van der Waals surface area contributed by atoms with Crippen molar-refractivity contribution >= 4 is 22.9 Å². The maximum Gasteiger partial charge on any atom is 0.267 e. The van der Waals surface area contributed by atoms with Crippen LogP contribution in [0, 0.1) is 12.7 Å². The highest BCUT2D eigenvalue weighted by molar-refractivity contribution is 7.17. The number of carbonyl (C=O) groups excluding carboxylic acids is 1. The first-order chi connectivity index (χ1) is 14.0. The van der Waals surface area contributed by atoms with Gasteiger partial charge in [-0.25, -0.2) is 9.37 Å². The molecule has 1 aliphatic heterocycles. The number of aromatic nitrogens is 1. The maximum absolute atomic E-state index is 13.2. The number of amides is 1. The van der Waals surface area contributed by atoms with Crippen molar-refractivity contribution < 1.29 is 14.3 Å². The predicted octanol–water partition coefficient (Wildman–Crippen LogP) is 4.21. The van der Waals surface area contributed by atoms with Gasteiger partial charge in [-0.15, -0.1) is 11.3 Å². The molecule has 0 spiro atoms. The molecule has 1 aliphatic rings. The number of fused-ring (bicyclic) bond motifs is 1. The topological polar surface area (TPSA) is 65.5 Å². The molecule has 2 N–H and O–H groups in total. The standard InChI is InChI=1S/C22H22FN3O2S/c1-13(12-27)26-10-16-4-3-5-19(18(16)11-26)25-21(28)20-14(2)24-22(29-20)15-6-8-17(23)9-7-15/h3-9,13,27H,10-12H2,1-2H3,(H,25,28)/t13-/m0/s1. The molecule has 1 aromatic heterocycles. The van der Waals surface area contributed by atoms with Crippen molar-refractivity contribution in [3.63, 3.8) is 0 Å². The van der Waals surface area contributed by atoms with E-state index in [0.717, 1.165) is 28.9 Å². The van der Waals surface area contributed by atoms with Crippen LogP contribution in [0.5, 0.6) is 0 Å². The fourth-order valence-electron chi connectivity index (χ4n) is 3.49. The lowest BCUT2D eigenvalue weighted by molar-refractivity contribution is 0.102. The van der Waals surface area contributed by atoms with Crippen molar-refractivity contribution in [3.8, 4) is 10.6 Å². The summed E-state index contributed by atoms with van der Waals surface area (Å²) in [6.07, 6.45) is 0. The molecule has 150 valence electrons. The summed E-state index contributed by atoms with van der Waals surface area (Å²) in [5.41, 5.74) is 4.47. The summed E-state index contributed by atoms with van der Waals surface area (Å²) < 4.78 is 13.2. The van der Waals surface area contributed by atoms with Gasteiger partial charge in [0.15, 0.2) is 0 Å². The molecule has 2 heterocycles. The average molecular weight is 412 g/mol. The molecular formula is C22H22FN3O2S. The molecule has 0 saturated heterocycles. The molecule has 0 aliphatic carbocycles. The molecule has 0 fully saturated rings. The molecule has 29 heavy (non-hydrogen) atoms. The number of hydrogen-bond donors (Lipinski definition) is 2. The second kappa shape index (κ2) is 8.02. The normalized spacial score (nSPS) is 14.6. The van der Waals surface area contributed by atoms with E-state index in [1.165, 1.54) is 23.5 Å². The summed E-state index contributed by atoms with van der Waals surface area (Å²) in [6.45, 7) is 5.34. The summed E-state index contributed by atoms with van der Waals surface area (Å²) in [6, 6.07) is 12.1. The summed E-state index contributed by atoms with van der Waals surface area (Å²) >= 11 is 1.30. The van der Waals surface area contributed by atoms with Crippen LogP contribution < -0.4 is 5.32 Å². The molecule has 0 bridgehead atoms. The van der Waals surface area contributed by atoms with E-state index in [2.05, 4.69) is 21.3 Å². The second-order valence-electron chi connectivity index (χ2n) is 7.27. The van der Waals surface area contributed by atoms with E-state index in [1.807, 2.05) is 19.1 Å². The van der Waals surface area contributed by atoms with E-state index >= 15 is 0 Å². The van der Waals surface area contributed by atoms with E-state index in [0.29, 0.717) is 22.1 Å². The van der Waals surface area contributed by atoms with E-state index < -0.39 is 0 Å². The largest absolute Gasteiger partial charge is 0.395 e. The fourth-order valence-corrected chi connectivity index (χ4v) is 4.46. The molecule has 4 rings (SSSR count). The highest BCUT2D eigenvalue weighted by Gasteiger charge is 2.26. The van der Waals surface area contributed by atoms with E-state index in [-0.39, 0.29) is 24.4 Å². The van der Waals surface area contributed by atoms with Crippen molar-refractivity contribution in [1.82, 2.24) is 9.88 Å². The lowest BCUT2D eigenvalue weighted by Crippen LogP contribution is -2.30. The van der Waals surface area contributed by atoms with Gasteiger partial charge < -0.3 is 10.4 Å². The minimum absolute atomic E-state index is 0.0629. The first-order valence-electron chi connectivity index (χ1n) is 9.46. The zero-order valence-corrected chi connectivity index (χ0v) is 17.1. The minimum atomic E-state index is -0.303. The maximum atomic E-state index is 13.2. The molecule has 7 heteroatoms. The number of carbonyl (C=O) groups is 1. The first-order valence-corrected chi connectivity index (χ1v) is 10.3. The third-order valence-electron chi connectivity index (χ3n) is 5.24. The van der Waals surface area contributed by atoms with Crippen LogP contribution in [0.25, 0.3) is 10.6 Å². The van der Waals surface area contributed by atoms with Crippen LogP contribution in [0.2, 0.25) is 0 Å². The zero-order chi connectivity index (χ0) is 20.5. The van der Waals surface area contributed by atoms with Crippen molar-refractivity contribution in [2.45, 2.75) is 33.0 Å². The van der Waals surface area contributed by atoms with Crippen LogP contribution >= 0.6 is 11.3 Å². The van der Waals surface area contributed by atoms with Crippen molar-refractivity contribution in [2.24, 2.45) is 0 Å². The number of anilines is 1. The minimum Gasteiger partial charge on any atom is -0.395 e. The number of aliphatic hydroxyl groups excluding tert-OH is 1. The molecule has 0 radical (unpaired) electrons. The molecule has 3 aromatic rings. The van der Waals surface area contributed by atoms with Gasteiger partial charge in [0.25, 0.3) is 5.91 Å². The van der Waals surface area contributed by atoms with E-state index in [4.69, 9.17) is 0 Å². The third kappa shape index (κ3) is 3.94. The summed E-state index contributed by atoms with van der Waals surface area (Å²) in [5.74, 6) is -0.502. The Hall–Kier alpha value is -2.61. The van der Waals surface area contributed by atoms with Crippen LogP contribution in [0.3, 0.4) is 0 Å². The Morgan fingerprint density at radius 2 is 2.03 bits per heavy atom. The number of aliphatic hydroxyl groups is 1. The number of rotatable bonds is 5. The molecule has 1 atom stereocenters. The number of nitrogens with one attached hydrogen (secondary N) is 1. The lowest BCUT2D eigenvalue weighted by atomic mass is 10.1. The highest BCUT2D eigenvalue weighted by Crippen LogP contribution is 2.32. The van der Waals surface area contributed by atoms with E-state index in [1.54, 1.807) is 19.1 Å². The Kier molecular flexibility index (Phi) is 5.45. The molecule has 2 aromatic carbocycles. The second-order valence-corrected chi connectivity index (χ2v) is 8.27. The van der Waals surface area contributed by atoms with E-state index in [9.17, 15) is 14.3 Å². The Morgan fingerprint density at radius 1 is 1.28 bits per heavy atom. The smallest absolute Gasteiger partial charge is 0.267 e. The number of thiazole rings is 1. The summed E-state index contributed by atoms with van der Waals surface area (Å²) in [7, 11) is 0. The van der Waals surface area contributed by atoms with Crippen LogP contribution in [0.1, 0.15) is 33.4 Å². The molecule has 0 unspecified atom stereocenters. The van der Waals surface area contributed by atoms with Gasteiger partial charge in [0.2, 0.25) is 0 Å².